The highest BCUT2D eigenvalue weighted by Gasteiger charge is 2.05. The molecule has 0 aliphatic carbocycles. The minimum Gasteiger partial charge on any atom is -0.493 e. The fraction of sp³-hybridized carbons (Fsp3) is 0.444. The molecule has 0 saturated carbocycles. The lowest BCUT2D eigenvalue weighted by Crippen LogP contribution is -2.05. The van der Waals surface area contributed by atoms with Gasteiger partial charge in [0.1, 0.15) is 5.75 Å². The molecule has 1 aromatic heterocycles. The zero-order valence-electron chi connectivity index (χ0n) is 14.4. The van der Waals surface area contributed by atoms with Crippen molar-refractivity contribution in [1.29, 1.82) is 0 Å². The van der Waals surface area contributed by atoms with Gasteiger partial charge in [0.15, 0.2) is 0 Å². The molecule has 1 heterocycles. The van der Waals surface area contributed by atoms with E-state index >= 15 is 0 Å². The van der Waals surface area contributed by atoms with Crippen molar-refractivity contribution in [2.75, 3.05) is 13.7 Å². The zero-order chi connectivity index (χ0) is 17.1. The summed E-state index contributed by atoms with van der Waals surface area (Å²) in [6.45, 7) is 6.86. The topological polar surface area (TPSA) is 64.2 Å². The van der Waals surface area contributed by atoms with Crippen molar-refractivity contribution in [1.82, 2.24) is 9.97 Å². The largest absolute Gasteiger partial charge is 0.493 e. The van der Waals surface area contributed by atoms with E-state index in [1.807, 2.05) is 31.3 Å². The molecule has 2 aromatic rings. The minimum absolute atomic E-state index is 0.221. The van der Waals surface area contributed by atoms with Gasteiger partial charge in [-0.05, 0) is 37.0 Å². The number of aromatic amines is 1. The first-order valence-electron chi connectivity index (χ1n) is 7.87. The van der Waals surface area contributed by atoms with E-state index in [-0.39, 0.29) is 5.97 Å². The van der Waals surface area contributed by atoms with E-state index < -0.39 is 0 Å². The van der Waals surface area contributed by atoms with Gasteiger partial charge in [0.05, 0.1) is 26.5 Å². The highest BCUT2D eigenvalue weighted by Crippen LogP contribution is 2.19. The Morgan fingerprint density at radius 3 is 2.57 bits per heavy atom. The van der Waals surface area contributed by atoms with Crippen LogP contribution in [0.2, 0.25) is 0 Å². The van der Waals surface area contributed by atoms with E-state index in [1.54, 1.807) is 6.33 Å². The molecule has 0 spiro atoms. The van der Waals surface area contributed by atoms with Crippen LogP contribution in [-0.2, 0) is 22.4 Å². The first-order valence-corrected chi connectivity index (χ1v) is 7.87. The molecule has 2 rings (SSSR count). The van der Waals surface area contributed by atoms with Crippen molar-refractivity contribution in [2.24, 2.45) is 0 Å². The number of nitrogens with one attached hydrogen (secondary N) is 1. The van der Waals surface area contributed by atoms with Gasteiger partial charge in [-0.25, -0.2) is 4.98 Å². The molecular weight excluding hydrogens is 292 g/mol. The Morgan fingerprint density at radius 2 is 2.09 bits per heavy atom. The molecule has 0 atom stereocenters. The van der Waals surface area contributed by atoms with E-state index in [9.17, 15) is 4.79 Å². The minimum atomic E-state index is -0.221. The van der Waals surface area contributed by atoms with Gasteiger partial charge in [0.25, 0.3) is 0 Å². The summed E-state index contributed by atoms with van der Waals surface area (Å²) in [5.74, 6) is 0.664. The number of nitrogens with zero attached hydrogens (tertiary/aromatic N) is 1. The molecule has 0 bridgehead atoms. The van der Waals surface area contributed by atoms with Crippen LogP contribution in [0, 0.1) is 6.92 Å². The summed E-state index contributed by atoms with van der Waals surface area (Å²) in [7, 11) is 1.40. The van der Waals surface area contributed by atoms with Gasteiger partial charge in [-0.2, -0.15) is 0 Å². The highest BCUT2D eigenvalue weighted by molar-refractivity contribution is 5.72. The van der Waals surface area contributed by atoms with Gasteiger partial charge in [-0.3, -0.25) is 4.79 Å². The number of hydrogen-bond donors (Lipinski definition) is 1. The summed E-state index contributed by atoms with van der Waals surface area (Å²) >= 11 is 0. The van der Waals surface area contributed by atoms with Crippen LogP contribution < -0.4 is 4.74 Å². The molecule has 0 aliphatic heterocycles. The molecule has 0 aliphatic rings. The third kappa shape index (κ3) is 7.00. The van der Waals surface area contributed by atoms with Crippen LogP contribution in [0.5, 0.6) is 5.75 Å². The maximum atomic E-state index is 11.1. The Morgan fingerprint density at radius 1 is 1.30 bits per heavy atom. The molecule has 0 radical (unpaired) electrons. The van der Waals surface area contributed by atoms with Crippen molar-refractivity contribution in [3.05, 3.63) is 47.5 Å². The van der Waals surface area contributed by atoms with Crippen LogP contribution in [0.15, 0.2) is 30.7 Å². The van der Waals surface area contributed by atoms with Crippen molar-refractivity contribution in [3.8, 4) is 5.75 Å². The molecule has 0 saturated heterocycles. The Labute approximate surface area is 138 Å². The fourth-order valence-electron chi connectivity index (χ4n) is 1.91. The van der Waals surface area contributed by atoms with Crippen LogP contribution >= 0.6 is 0 Å². The van der Waals surface area contributed by atoms with Crippen LogP contribution in [0.1, 0.15) is 37.1 Å². The molecule has 5 nitrogen and oxygen atoms in total. The average Bonchev–Trinajstić information content (AvgIpc) is 3.08. The number of esters is 1. The standard InChI is InChI=1S/C13H18O3.C5H8N2/c1-4-7-16-12-6-5-11(8-10(12)2)9-13(14)15-3;1-2-5-3-6-4-7-5/h5-6,8H,4,7,9H2,1-3H3;3-4H,2H2,1H3,(H,6,7). The van der Waals surface area contributed by atoms with E-state index in [1.165, 1.54) is 12.8 Å². The van der Waals surface area contributed by atoms with Crippen LogP contribution in [0.4, 0.5) is 0 Å². The maximum Gasteiger partial charge on any atom is 0.309 e. The predicted molar refractivity (Wildman–Crippen MR) is 90.7 cm³/mol. The zero-order valence-corrected chi connectivity index (χ0v) is 14.4. The van der Waals surface area contributed by atoms with Gasteiger partial charge >= 0.3 is 5.97 Å². The average molecular weight is 318 g/mol. The van der Waals surface area contributed by atoms with Crippen molar-refractivity contribution in [3.63, 3.8) is 0 Å². The summed E-state index contributed by atoms with van der Waals surface area (Å²) in [4.78, 5) is 17.9. The normalized spacial score (nSPS) is 9.74. The highest BCUT2D eigenvalue weighted by atomic mass is 16.5. The SMILES string of the molecule is CCCOc1ccc(CC(=O)OC)cc1C.CCc1cnc[nH]1. The summed E-state index contributed by atoms with van der Waals surface area (Å²) < 4.78 is 10.2. The lowest BCUT2D eigenvalue weighted by Gasteiger charge is -2.09. The number of aromatic nitrogens is 2. The molecule has 0 unspecified atom stereocenters. The molecule has 23 heavy (non-hydrogen) atoms. The third-order valence-electron chi connectivity index (χ3n) is 3.21. The maximum absolute atomic E-state index is 11.1. The lowest BCUT2D eigenvalue weighted by molar-refractivity contribution is -0.139. The fourth-order valence-corrected chi connectivity index (χ4v) is 1.91. The molecule has 0 fully saturated rings. The first-order chi connectivity index (χ1) is 11.1. The number of ether oxygens (including phenoxy) is 2. The molecule has 126 valence electrons. The van der Waals surface area contributed by atoms with Crippen LogP contribution in [-0.4, -0.2) is 29.7 Å². The number of benzene rings is 1. The van der Waals surface area contributed by atoms with Gasteiger partial charge in [0.2, 0.25) is 0 Å². The van der Waals surface area contributed by atoms with Gasteiger partial charge in [-0.15, -0.1) is 0 Å². The van der Waals surface area contributed by atoms with Crippen LogP contribution in [0.25, 0.3) is 0 Å². The number of H-pyrrole nitrogens is 1. The predicted octanol–water partition coefficient (Wildman–Crippen LogP) is 3.47. The molecule has 5 heteroatoms. The second-order valence-corrected chi connectivity index (χ2v) is 5.13. The first kappa shape index (κ1) is 18.7. The molecule has 1 N–H and O–H groups in total. The smallest absolute Gasteiger partial charge is 0.309 e. The Bertz CT molecular complexity index is 580. The summed E-state index contributed by atoms with van der Waals surface area (Å²) in [5.41, 5.74) is 3.20. The number of hydrogen-bond acceptors (Lipinski definition) is 4. The number of carbonyl (C=O) groups excluding carboxylic acids is 1. The summed E-state index contributed by atoms with van der Waals surface area (Å²) in [5, 5.41) is 0. The number of methoxy groups -OCH3 is 1. The quantitative estimate of drug-likeness (QED) is 0.828. The van der Waals surface area contributed by atoms with Gasteiger partial charge in [0, 0.05) is 11.9 Å². The number of imidazole rings is 1. The van der Waals surface area contributed by atoms with Crippen LogP contribution in [0.3, 0.4) is 0 Å². The van der Waals surface area contributed by atoms with Crippen molar-refractivity contribution in [2.45, 2.75) is 40.0 Å². The Hall–Kier alpha value is -2.30. The monoisotopic (exact) mass is 318 g/mol. The van der Waals surface area contributed by atoms with E-state index in [2.05, 4.69) is 28.6 Å². The Kier molecular flexibility index (Phi) is 8.50. The third-order valence-corrected chi connectivity index (χ3v) is 3.21. The van der Waals surface area contributed by atoms with E-state index in [4.69, 9.17) is 4.74 Å². The molecule has 1 aromatic carbocycles. The molecule has 0 amide bonds. The second-order valence-electron chi connectivity index (χ2n) is 5.13. The van der Waals surface area contributed by atoms with Gasteiger partial charge < -0.3 is 14.5 Å². The van der Waals surface area contributed by atoms with Crippen molar-refractivity contribution >= 4 is 5.97 Å². The van der Waals surface area contributed by atoms with Crippen molar-refractivity contribution < 1.29 is 14.3 Å². The number of carbonyl (C=O) groups is 1. The lowest BCUT2D eigenvalue weighted by atomic mass is 10.1. The number of aryl methyl sites for hydroxylation is 2. The number of rotatable bonds is 6. The Balaban J connectivity index is 0.000000313. The van der Waals surface area contributed by atoms with E-state index in [0.717, 1.165) is 36.3 Å². The summed E-state index contributed by atoms with van der Waals surface area (Å²) in [6, 6.07) is 5.76. The second kappa shape index (κ2) is 10.4. The van der Waals surface area contributed by atoms with E-state index in [0.29, 0.717) is 6.42 Å². The summed E-state index contributed by atoms with van der Waals surface area (Å²) in [6.07, 6.45) is 5.87. The van der Waals surface area contributed by atoms with Gasteiger partial charge in [-0.1, -0.05) is 26.0 Å². The molecular formula is C18H26N2O3.